The first-order valence-electron chi connectivity index (χ1n) is 10.9. The van der Waals surface area contributed by atoms with E-state index in [9.17, 15) is 4.79 Å². The van der Waals surface area contributed by atoms with Crippen molar-refractivity contribution in [2.75, 3.05) is 48.8 Å². The lowest BCUT2D eigenvalue weighted by Crippen LogP contribution is -2.44. The van der Waals surface area contributed by atoms with E-state index in [1.165, 1.54) is 0 Å². The van der Waals surface area contributed by atoms with Crippen LogP contribution in [0, 0.1) is 0 Å². The molecule has 4 rings (SSSR count). The number of aromatic nitrogens is 2. The van der Waals surface area contributed by atoms with Crippen molar-refractivity contribution in [2.24, 2.45) is 5.73 Å². The normalized spacial score (nSPS) is 14.5. The highest BCUT2D eigenvalue weighted by molar-refractivity contribution is 7.80. The molecule has 1 aliphatic heterocycles. The van der Waals surface area contributed by atoms with Gasteiger partial charge in [-0.2, -0.15) is 0 Å². The molecule has 2 heterocycles. The summed E-state index contributed by atoms with van der Waals surface area (Å²) >= 11 is 5.56. The first-order valence-corrected chi connectivity index (χ1v) is 11.3. The zero-order valence-electron chi connectivity index (χ0n) is 19.0. The number of carbonyl (C=O) groups excluding carboxylic acids is 1. The summed E-state index contributed by atoms with van der Waals surface area (Å²) in [5, 5.41) is 6.71. The molecular formula is C23H29N7O2S. The summed E-state index contributed by atoms with van der Waals surface area (Å²) in [6, 6.07) is 10.8. The standard InChI is InChI=1S/C23H29N7O2S/c1-14(2)32-19-8-7-15(21(24)31)13-18(19)27-23(33)26-17-6-4-5-16-20(17)28-22(25-16)30-11-9-29(3)10-12-30/h4-8,13-14H,9-12H2,1-3H3,(H2,24,31)(H,25,28)(H2,26,27,33). The number of fused-ring (bicyclic) bond motifs is 1. The molecule has 0 saturated carbocycles. The largest absolute Gasteiger partial charge is 0.489 e. The Hall–Kier alpha value is -3.37. The van der Waals surface area contributed by atoms with Gasteiger partial charge in [-0.15, -0.1) is 0 Å². The molecule has 0 radical (unpaired) electrons. The number of nitrogens with zero attached hydrogens (tertiary/aromatic N) is 3. The number of primary amides is 1. The van der Waals surface area contributed by atoms with Gasteiger partial charge in [0.2, 0.25) is 11.9 Å². The minimum atomic E-state index is -0.522. The maximum Gasteiger partial charge on any atom is 0.248 e. The summed E-state index contributed by atoms with van der Waals surface area (Å²) in [7, 11) is 2.13. The lowest BCUT2D eigenvalue weighted by atomic mass is 10.1. The predicted octanol–water partition coefficient (Wildman–Crippen LogP) is 3.01. The molecule has 0 atom stereocenters. The number of ether oxygens (including phenoxy) is 1. The van der Waals surface area contributed by atoms with E-state index in [0.717, 1.165) is 48.8 Å². The van der Waals surface area contributed by atoms with E-state index in [4.69, 9.17) is 27.7 Å². The van der Waals surface area contributed by atoms with Gasteiger partial charge in [0.1, 0.15) is 11.3 Å². The molecular weight excluding hydrogens is 438 g/mol. The number of anilines is 3. The van der Waals surface area contributed by atoms with Gasteiger partial charge >= 0.3 is 0 Å². The van der Waals surface area contributed by atoms with E-state index < -0.39 is 5.91 Å². The molecule has 174 valence electrons. The lowest BCUT2D eigenvalue weighted by molar-refractivity contribution is 0.100. The van der Waals surface area contributed by atoms with Crippen LogP contribution in [0.4, 0.5) is 17.3 Å². The summed E-state index contributed by atoms with van der Waals surface area (Å²) in [6.45, 7) is 7.71. The number of hydrogen-bond acceptors (Lipinski definition) is 6. The van der Waals surface area contributed by atoms with Crippen molar-refractivity contribution < 1.29 is 9.53 Å². The van der Waals surface area contributed by atoms with E-state index in [1.54, 1.807) is 18.2 Å². The van der Waals surface area contributed by atoms with Crippen molar-refractivity contribution in [1.82, 2.24) is 14.9 Å². The van der Waals surface area contributed by atoms with Gasteiger partial charge in [0.15, 0.2) is 5.11 Å². The molecule has 0 unspecified atom stereocenters. The minimum absolute atomic E-state index is 0.0442. The second-order valence-corrected chi connectivity index (χ2v) is 8.78. The summed E-state index contributed by atoms with van der Waals surface area (Å²) in [5.74, 6) is 0.910. The SMILES string of the molecule is CC(C)Oc1ccc(C(N)=O)cc1NC(=S)Nc1cccc2[nH]c(N3CCN(C)CC3)nc12. The third-order valence-electron chi connectivity index (χ3n) is 5.43. The van der Waals surface area contributed by atoms with Crippen molar-refractivity contribution in [3.63, 3.8) is 0 Å². The third kappa shape index (κ3) is 5.35. The smallest absolute Gasteiger partial charge is 0.248 e. The van der Waals surface area contributed by atoms with E-state index in [-0.39, 0.29) is 6.10 Å². The van der Waals surface area contributed by atoms with Crippen molar-refractivity contribution in [3.05, 3.63) is 42.0 Å². The maximum absolute atomic E-state index is 11.6. The highest BCUT2D eigenvalue weighted by Crippen LogP contribution is 2.28. The Labute approximate surface area is 198 Å². The number of piperazine rings is 1. The van der Waals surface area contributed by atoms with E-state index in [2.05, 4.69) is 32.5 Å². The van der Waals surface area contributed by atoms with Gasteiger partial charge in [-0.3, -0.25) is 4.79 Å². The summed E-state index contributed by atoms with van der Waals surface area (Å²) in [4.78, 5) is 24.5. The zero-order chi connectivity index (χ0) is 23.5. The predicted molar refractivity (Wildman–Crippen MR) is 136 cm³/mol. The molecule has 0 spiro atoms. The first kappa shape index (κ1) is 22.8. The van der Waals surface area contributed by atoms with Crippen LogP contribution in [-0.2, 0) is 0 Å². The number of amides is 1. The number of thiocarbonyl (C=S) groups is 1. The van der Waals surface area contributed by atoms with Gasteiger partial charge in [0.05, 0.1) is 23.0 Å². The van der Waals surface area contributed by atoms with E-state index in [1.807, 2.05) is 32.0 Å². The van der Waals surface area contributed by atoms with Crippen LogP contribution in [0.25, 0.3) is 11.0 Å². The molecule has 33 heavy (non-hydrogen) atoms. The topological polar surface area (TPSA) is 112 Å². The third-order valence-corrected chi connectivity index (χ3v) is 5.63. The number of nitrogens with one attached hydrogen (secondary N) is 3. The van der Waals surface area contributed by atoms with Gasteiger partial charge in [0, 0.05) is 31.7 Å². The summed E-state index contributed by atoms with van der Waals surface area (Å²) < 4.78 is 5.85. The molecule has 1 fully saturated rings. The van der Waals surface area contributed by atoms with Gasteiger partial charge < -0.3 is 35.9 Å². The minimum Gasteiger partial charge on any atom is -0.489 e. The number of aromatic amines is 1. The number of hydrogen-bond donors (Lipinski definition) is 4. The van der Waals surface area contributed by atoms with Crippen LogP contribution in [-0.4, -0.2) is 65.2 Å². The van der Waals surface area contributed by atoms with Crippen LogP contribution < -0.4 is 26.0 Å². The van der Waals surface area contributed by atoms with Crippen molar-refractivity contribution in [1.29, 1.82) is 0 Å². The second kappa shape index (κ2) is 9.63. The molecule has 0 aliphatic carbocycles. The number of rotatable bonds is 6. The molecule has 2 aromatic carbocycles. The van der Waals surface area contributed by atoms with Crippen molar-refractivity contribution >= 4 is 51.6 Å². The fourth-order valence-corrected chi connectivity index (χ4v) is 3.92. The highest BCUT2D eigenvalue weighted by Gasteiger charge is 2.18. The molecule has 1 aliphatic rings. The summed E-state index contributed by atoms with van der Waals surface area (Å²) in [5.41, 5.74) is 8.88. The molecule has 9 nitrogen and oxygen atoms in total. The fourth-order valence-electron chi connectivity index (χ4n) is 3.70. The second-order valence-electron chi connectivity index (χ2n) is 8.37. The van der Waals surface area contributed by atoms with Crippen LogP contribution in [0.2, 0.25) is 0 Å². The zero-order valence-corrected chi connectivity index (χ0v) is 19.8. The van der Waals surface area contributed by atoms with Crippen LogP contribution in [0.5, 0.6) is 5.75 Å². The number of carbonyl (C=O) groups is 1. The number of nitrogens with two attached hydrogens (primary N) is 1. The molecule has 0 bridgehead atoms. The monoisotopic (exact) mass is 467 g/mol. The number of para-hydroxylation sites is 1. The van der Waals surface area contributed by atoms with Gasteiger partial charge in [-0.1, -0.05) is 6.07 Å². The molecule has 5 N–H and O–H groups in total. The Morgan fingerprint density at radius 2 is 1.88 bits per heavy atom. The molecule has 10 heteroatoms. The number of imidazole rings is 1. The highest BCUT2D eigenvalue weighted by atomic mass is 32.1. The van der Waals surface area contributed by atoms with Crippen molar-refractivity contribution in [2.45, 2.75) is 20.0 Å². The Morgan fingerprint density at radius 3 is 2.58 bits per heavy atom. The van der Waals surface area contributed by atoms with Gasteiger partial charge in [-0.25, -0.2) is 4.98 Å². The Morgan fingerprint density at radius 1 is 1.15 bits per heavy atom. The molecule has 1 aromatic heterocycles. The van der Waals surface area contributed by atoms with E-state index in [0.29, 0.717) is 22.1 Å². The van der Waals surface area contributed by atoms with Gasteiger partial charge in [0.25, 0.3) is 0 Å². The molecule has 1 amide bonds. The average molecular weight is 468 g/mol. The van der Waals surface area contributed by atoms with Crippen LogP contribution >= 0.6 is 12.2 Å². The lowest BCUT2D eigenvalue weighted by Gasteiger charge is -2.32. The van der Waals surface area contributed by atoms with Gasteiger partial charge in [-0.05, 0) is 63.4 Å². The Kier molecular flexibility index (Phi) is 6.66. The molecule has 1 saturated heterocycles. The summed E-state index contributed by atoms with van der Waals surface area (Å²) in [6.07, 6.45) is -0.0442. The molecule has 3 aromatic rings. The average Bonchev–Trinajstić information content (AvgIpc) is 3.20. The van der Waals surface area contributed by atoms with Crippen LogP contribution in [0.1, 0.15) is 24.2 Å². The fraction of sp³-hybridized carbons (Fsp3) is 0.348. The van der Waals surface area contributed by atoms with E-state index >= 15 is 0 Å². The van der Waals surface area contributed by atoms with Crippen LogP contribution in [0.15, 0.2) is 36.4 Å². The Bertz CT molecular complexity index is 1170. The quantitative estimate of drug-likeness (QED) is 0.410. The van der Waals surface area contributed by atoms with Crippen molar-refractivity contribution in [3.8, 4) is 5.75 Å². The van der Waals surface area contributed by atoms with Crippen LogP contribution in [0.3, 0.4) is 0 Å². The maximum atomic E-state index is 11.6. The number of likely N-dealkylation sites (N-methyl/N-ethyl adjacent to an activating group) is 1. The Balaban J connectivity index is 1.54. The first-order chi connectivity index (χ1) is 15.8. The number of benzene rings is 2. The number of H-pyrrole nitrogens is 1.